The van der Waals surface area contributed by atoms with E-state index in [9.17, 15) is 0 Å². The second kappa shape index (κ2) is 13.9. The van der Waals surface area contributed by atoms with Crippen LogP contribution in [-0.2, 0) is 12.8 Å². The van der Waals surface area contributed by atoms with E-state index in [1.54, 1.807) is 0 Å². The summed E-state index contributed by atoms with van der Waals surface area (Å²) in [6, 6.07) is 74.3. The van der Waals surface area contributed by atoms with Gasteiger partial charge in [-0.2, -0.15) is 0 Å². The lowest BCUT2D eigenvalue weighted by molar-refractivity contribution is 0.978. The largest absolute Gasteiger partial charge is 0.309 e. The lowest BCUT2D eigenvalue weighted by atomic mass is 9.97. The van der Waals surface area contributed by atoms with Crippen LogP contribution in [0.15, 0.2) is 206 Å². The molecule has 0 spiro atoms. The van der Waals surface area contributed by atoms with Crippen molar-refractivity contribution >= 4 is 60.7 Å². The second-order valence-electron chi connectivity index (χ2n) is 15.7. The minimum atomic E-state index is 0.661. The predicted octanol–water partition coefficient (Wildman–Crippen LogP) is 14.4. The molecular weight excluding hydrogens is 729 g/mol. The van der Waals surface area contributed by atoms with Gasteiger partial charge in [-0.05, 0) is 99.8 Å². The van der Waals surface area contributed by atoms with Crippen molar-refractivity contribution < 1.29 is 0 Å². The lowest BCUT2D eigenvalue weighted by Gasteiger charge is -2.26. The van der Waals surface area contributed by atoms with E-state index in [1.165, 1.54) is 71.3 Å². The number of nitrogens with zero attached hydrogens (tertiary/aromatic N) is 4. The quantitative estimate of drug-likeness (QED) is 0.164. The summed E-state index contributed by atoms with van der Waals surface area (Å²) in [4.78, 5) is 12.9. The van der Waals surface area contributed by atoms with Crippen molar-refractivity contribution in [2.75, 3.05) is 4.90 Å². The molecule has 60 heavy (non-hydrogen) atoms. The molecule has 3 heterocycles. The molecule has 1 aliphatic rings. The zero-order valence-corrected chi connectivity index (χ0v) is 32.8. The molecular formula is C56H38N4. The Kier molecular flexibility index (Phi) is 7.95. The molecule has 4 heteroatoms. The maximum absolute atomic E-state index is 5.31. The molecule has 0 bridgehead atoms. The molecule has 0 unspecified atom stereocenters. The second-order valence-corrected chi connectivity index (χ2v) is 15.7. The zero-order chi connectivity index (χ0) is 39.6. The van der Waals surface area contributed by atoms with E-state index in [-0.39, 0.29) is 0 Å². The highest BCUT2D eigenvalue weighted by atomic mass is 15.3. The standard InChI is InChI=1S/C56H38N4/c1-3-15-37(16-4-1)49-36-50(38-17-5-2-6-18-38)58-56(57-49)60-51-25-13-8-19-39(51)27-28-43-33-40(29-31-52(43)60)41-30-32-54-48(34-41)47-24-12-14-26-53(47)59(54)55-35-42-20-7-9-21-44(42)45-22-10-11-23-46(45)55/h1-26,29-36H,27-28H2. The smallest absolute Gasteiger partial charge is 0.235 e. The number of para-hydroxylation sites is 2. The highest BCUT2D eigenvalue weighted by Crippen LogP contribution is 2.44. The molecule has 11 aromatic rings. The summed E-state index contributed by atoms with van der Waals surface area (Å²) >= 11 is 0. The summed E-state index contributed by atoms with van der Waals surface area (Å²) in [7, 11) is 0. The first-order chi connectivity index (χ1) is 29.7. The first kappa shape index (κ1) is 34.2. The summed E-state index contributed by atoms with van der Waals surface area (Å²) in [5.74, 6) is 0.661. The van der Waals surface area contributed by atoms with Crippen molar-refractivity contribution in [3.63, 3.8) is 0 Å². The van der Waals surface area contributed by atoms with Gasteiger partial charge in [0.2, 0.25) is 5.95 Å². The number of benzene rings is 9. The Morgan fingerprint density at radius 2 is 0.900 bits per heavy atom. The average molecular weight is 767 g/mol. The van der Waals surface area contributed by atoms with Gasteiger partial charge in [0.25, 0.3) is 0 Å². The Labute approximate surface area is 348 Å². The molecule has 0 N–H and O–H groups in total. The van der Waals surface area contributed by atoms with Gasteiger partial charge in [-0.25, -0.2) is 9.97 Å². The van der Waals surface area contributed by atoms with Crippen molar-refractivity contribution in [3.8, 4) is 39.3 Å². The van der Waals surface area contributed by atoms with Crippen LogP contribution in [0, 0.1) is 0 Å². The number of rotatable bonds is 5. The van der Waals surface area contributed by atoms with E-state index >= 15 is 0 Å². The van der Waals surface area contributed by atoms with Crippen molar-refractivity contribution in [2.24, 2.45) is 0 Å². The third-order valence-electron chi connectivity index (χ3n) is 12.3. The van der Waals surface area contributed by atoms with Gasteiger partial charge in [-0.15, -0.1) is 0 Å². The lowest BCUT2D eigenvalue weighted by Crippen LogP contribution is -2.15. The van der Waals surface area contributed by atoms with Crippen LogP contribution in [0.3, 0.4) is 0 Å². The summed E-state index contributed by atoms with van der Waals surface area (Å²) in [6.07, 6.45) is 1.82. The van der Waals surface area contributed by atoms with Crippen molar-refractivity contribution in [3.05, 3.63) is 217 Å². The van der Waals surface area contributed by atoms with Gasteiger partial charge in [-0.1, -0.05) is 158 Å². The number of aromatic nitrogens is 3. The molecule has 0 saturated carbocycles. The normalized spacial score (nSPS) is 12.5. The van der Waals surface area contributed by atoms with Crippen LogP contribution in [-0.4, -0.2) is 14.5 Å². The van der Waals surface area contributed by atoms with E-state index in [4.69, 9.17) is 9.97 Å². The number of hydrogen-bond donors (Lipinski definition) is 0. The Balaban J connectivity index is 1.02. The van der Waals surface area contributed by atoms with Crippen molar-refractivity contribution in [1.82, 2.24) is 14.5 Å². The van der Waals surface area contributed by atoms with Crippen LogP contribution in [0.1, 0.15) is 11.1 Å². The first-order valence-electron chi connectivity index (χ1n) is 20.7. The molecule has 0 aliphatic carbocycles. The maximum Gasteiger partial charge on any atom is 0.235 e. The number of aryl methyl sites for hydroxylation is 2. The van der Waals surface area contributed by atoms with E-state index in [0.29, 0.717) is 5.95 Å². The van der Waals surface area contributed by atoms with Crippen LogP contribution in [0.2, 0.25) is 0 Å². The molecule has 2 aromatic heterocycles. The Morgan fingerprint density at radius 3 is 1.68 bits per heavy atom. The number of hydrogen-bond acceptors (Lipinski definition) is 3. The fourth-order valence-electron chi connectivity index (χ4n) is 9.42. The van der Waals surface area contributed by atoms with Crippen LogP contribution >= 0.6 is 0 Å². The molecule has 0 radical (unpaired) electrons. The van der Waals surface area contributed by atoms with E-state index in [0.717, 1.165) is 46.7 Å². The molecule has 1 aliphatic heterocycles. The summed E-state index contributed by atoms with van der Waals surface area (Å²) < 4.78 is 2.46. The van der Waals surface area contributed by atoms with Crippen LogP contribution < -0.4 is 4.90 Å². The fraction of sp³-hybridized carbons (Fsp3) is 0.0357. The molecule has 0 amide bonds. The average Bonchev–Trinajstić information content (AvgIpc) is 3.55. The molecule has 0 saturated heterocycles. The summed E-state index contributed by atoms with van der Waals surface area (Å²) in [5.41, 5.74) is 14.6. The third kappa shape index (κ3) is 5.60. The van der Waals surface area contributed by atoms with Crippen LogP contribution in [0.25, 0.3) is 82.7 Å². The van der Waals surface area contributed by atoms with Crippen LogP contribution in [0.4, 0.5) is 17.3 Å². The SMILES string of the molecule is c1ccc(-c2cc(-c3ccccc3)nc(N3c4ccccc4CCc4cc(-c5ccc6c(c5)c5ccccc5n6-c5cc6ccccc6c6ccccc56)ccc43)n2)cc1. The first-order valence-corrected chi connectivity index (χ1v) is 20.7. The van der Waals surface area contributed by atoms with E-state index in [1.807, 2.05) is 12.1 Å². The van der Waals surface area contributed by atoms with Gasteiger partial charge in [0.15, 0.2) is 0 Å². The van der Waals surface area contributed by atoms with Gasteiger partial charge in [0.1, 0.15) is 0 Å². The van der Waals surface area contributed by atoms with Gasteiger partial charge in [-0.3, -0.25) is 4.90 Å². The molecule has 9 aromatic carbocycles. The topological polar surface area (TPSA) is 34.0 Å². The Bertz CT molecular complexity index is 3380. The number of fused-ring (bicyclic) bond motifs is 8. The molecule has 4 nitrogen and oxygen atoms in total. The van der Waals surface area contributed by atoms with Crippen molar-refractivity contribution in [2.45, 2.75) is 12.8 Å². The van der Waals surface area contributed by atoms with Gasteiger partial charge >= 0.3 is 0 Å². The van der Waals surface area contributed by atoms with Crippen LogP contribution in [0.5, 0.6) is 0 Å². The number of anilines is 3. The Hall–Kier alpha value is -7.82. The Morgan fingerprint density at radius 1 is 0.333 bits per heavy atom. The van der Waals surface area contributed by atoms with E-state index in [2.05, 4.69) is 204 Å². The highest BCUT2D eigenvalue weighted by Gasteiger charge is 2.26. The van der Waals surface area contributed by atoms with Crippen molar-refractivity contribution in [1.29, 1.82) is 0 Å². The molecule has 282 valence electrons. The zero-order valence-electron chi connectivity index (χ0n) is 32.8. The summed E-state index contributed by atoms with van der Waals surface area (Å²) in [5, 5.41) is 7.51. The maximum atomic E-state index is 5.31. The minimum Gasteiger partial charge on any atom is -0.309 e. The fourth-order valence-corrected chi connectivity index (χ4v) is 9.42. The minimum absolute atomic E-state index is 0.661. The monoisotopic (exact) mass is 766 g/mol. The third-order valence-corrected chi connectivity index (χ3v) is 12.3. The molecule has 0 fully saturated rings. The van der Waals surface area contributed by atoms with Gasteiger partial charge < -0.3 is 4.57 Å². The summed E-state index contributed by atoms with van der Waals surface area (Å²) in [6.45, 7) is 0. The molecule has 0 atom stereocenters. The molecule has 12 rings (SSSR count). The highest BCUT2D eigenvalue weighted by molar-refractivity contribution is 6.15. The van der Waals surface area contributed by atoms with Gasteiger partial charge in [0, 0.05) is 27.3 Å². The van der Waals surface area contributed by atoms with E-state index < -0.39 is 0 Å². The van der Waals surface area contributed by atoms with Gasteiger partial charge in [0.05, 0.1) is 39.5 Å². The predicted molar refractivity (Wildman–Crippen MR) is 250 cm³/mol.